The van der Waals surface area contributed by atoms with Gasteiger partial charge in [-0.25, -0.2) is 0 Å². The van der Waals surface area contributed by atoms with E-state index >= 15 is 0 Å². The number of carbonyl (C=O) groups excluding carboxylic acids is 2. The van der Waals surface area contributed by atoms with Crippen molar-refractivity contribution in [2.24, 2.45) is 5.92 Å². The molecule has 2 aromatic carbocycles. The molecule has 0 saturated heterocycles. The van der Waals surface area contributed by atoms with Gasteiger partial charge in [0.2, 0.25) is 11.8 Å². The Morgan fingerprint density at radius 1 is 1.08 bits per heavy atom. The van der Waals surface area contributed by atoms with Gasteiger partial charge in [0.05, 0.1) is 0 Å². The van der Waals surface area contributed by atoms with E-state index in [1.54, 1.807) is 0 Å². The average molecular weight is 320 g/mol. The van der Waals surface area contributed by atoms with Gasteiger partial charge in [0, 0.05) is 30.3 Å². The van der Waals surface area contributed by atoms with E-state index in [0.717, 1.165) is 29.9 Å². The Kier molecular flexibility index (Phi) is 3.81. The lowest BCUT2D eigenvalue weighted by molar-refractivity contribution is -0.121. The van der Waals surface area contributed by atoms with Crippen molar-refractivity contribution in [3.8, 4) is 0 Å². The molecular formula is C20H20N2O2. The Balaban J connectivity index is 1.41. The first-order chi connectivity index (χ1) is 11.7. The van der Waals surface area contributed by atoms with Gasteiger partial charge in [-0.3, -0.25) is 9.59 Å². The molecule has 2 aromatic rings. The third kappa shape index (κ3) is 2.68. The third-order valence-corrected chi connectivity index (χ3v) is 5.01. The summed E-state index contributed by atoms with van der Waals surface area (Å²) in [6.45, 7) is 0.748. The van der Waals surface area contributed by atoms with E-state index in [0.29, 0.717) is 19.3 Å². The summed E-state index contributed by atoms with van der Waals surface area (Å²) in [4.78, 5) is 26.7. The van der Waals surface area contributed by atoms with Crippen LogP contribution in [0.25, 0.3) is 0 Å². The smallest absolute Gasteiger partial charge is 0.227 e. The highest BCUT2D eigenvalue weighted by Crippen LogP contribution is 2.30. The summed E-state index contributed by atoms with van der Waals surface area (Å²) in [5.41, 5.74) is 4.32. The van der Waals surface area contributed by atoms with Gasteiger partial charge >= 0.3 is 0 Å². The Hall–Kier alpha value is -2.62. The maximum atomic E-state index is 12.6. The highest BCUT2D eigenvalue weighted by molar-refractivity contribution is 5.98. The lowest BCUT2D eigenvalue weighted by Crippen LogP contribution is -2.33. The van der Waals surface area contributed by atoms with Crippen LogP contribution in [0.5, 0.6) is 0 Å². The molecule has 2 aliphatic rings. The molecule has 1 N–H and O–H groups in total. The quantitative estimate of drug-likeness (QED) is 0.944. The molecule has 4 nitrogen and oxygen atoms in total. The van der Waals surface area contributed by atoms with E-state index in [4.69, 9.17) is 0 Å². The van der Waals surface area contributed by atoms with E-state index in [9.17, 15) is 9.59 Å². The lowest BCUT2D eigenvalue weighted by Gasteiger charge is -2.25. The molecule has 0 spiro atoms. The molecule has 2 aliphatic heterocycles. The first-order valence-electron chi connectivity index (χ1n) is 8.49. The summed E-state index contributed by atoms with van der Waals surface area (Å²) >= 11 is 0. The van der Waals surface area contributed by atoms with Crippen LogP contribution in [0, 0.1) is 5.92 Å². The molecular weight excluding hydrogens is 300 g/mol. The summed E-state index contributed by atoms with van der Waals surface area (Å²) in [6, 6.07) is 15.9. The molecule has 122 valence electrons. The zero-order valence-electron chi connectivity index (χ0n) is 13.5. The number of amides is 2. The summed E-state index contributed by atoms with van der Waals surface area (Å²) in [5, 5.41) is 2.96. The minimum absolute atomic E-state index is 0.0309. The maximum Gasteiger partial charge on any atom is 0.227 e. The summed E-state index contributed by atoms with van der Waals surface area (Å²) < 4.78 is 0. The second-order valence-electron chi connectivity index (χ2n) is 6.51. The molecule has 1 atom stereocenters. The molecule has 4 rings (SSSR count). The van der Waals surface area contributed by atoms with Gasteiger partial charge in [0.25, 0.3) is 0 Å². The second-order valence-corrected chi connectivity index (χ2v) is 6.51. The number of fused-ring (bicyclic) bond motifs is 2. The van der Waals surface area contributed by atoms with Crippen LogP contribution in [0.1, 0.15) is 24.0 Å². The number of carbonyl (C=O) groups is 2. The van der Waals surface area contributed by atoms with Gasteiger partial charge < -0.3 is 10.2 Å². The average Bonchev–Trinajstić information content (AvgIpc) is 3.04. The van der Waals surface area contributed by atoms with Crippen LogP contribution in [0.4, 0.5) is 11.4 Å². The fourth-order valence-electron chi connectivity index (χ4n) is 3.68. The Labute approximate surface area is 141 Å². The SMILES string of the molecule is O=C1Nc2ccccc2C[C@@H]1CCC(=O)N1CCc2ccccc21. The number of anilines is 2. The van der Waals surface area contributed by atoms with Gasteiger partial charge in [-0.15, -0.1) is 0 Å². The minimum Gasteiger partial charge on any atom is -0.326 e. The highest BCUT2D eigenvalue weighted by Gasteiger charge is 2.29. The molecule has 4 heteroatoms. The topological polar surface area (TPSA) is 49.4 Å². The summed E-state index contributed by atoms with van der Waals surface area (Å²) in [6.07, 6.45) is 2.64. The number of rotatable bonds is 3. The zero-order valence-corrected chi connectivity index (χ0v) is 13.5. The molecule has 24 heavy (non-hydrogen) atoms. The molecule has 0 aromatic heterocycles. The largest absolute Gasteiger partial charge is 0.326 e. The van der Waals surface area contributed by atoms with Gasteiger partial charge in [-0.05, 0) is 42.5 Å². The van der Waals surface area contributed by atoms with Crippen molar-refractivity contribution in [1.82, 2.24) is 0 Å². The van der Waals surface area contributed by atoms with Gasteiger partial charge in [0.1, 0.15) is 0 Å². The van der Waals surface area contributed by atoms with Crippen molar-refractivity contribution in [2.45, 2.75) is 25.7 Å². The molecule has 2 amide bonds. The Morgan fingerprint density at radius 2 is 1.83 bits per heavy atom. The van der Waals surface area contributed by atoms with Crippen molar-refractivity contribution in [2.75, 3.05) is 16.8 Å². The fourth-order valence-corrected chi connectivity index (χ4v) is 3.68. The first-order valence-corrected chi connectivity index (χ1v) is 8.49. The number of nitrogens with zero attached hydrogens (tertiary/aromatic N) is 1. The predicted octanol–water partition coefficient (Wildman–Crippen LogP) is 3.17. The molecule has 2 heterocycles. The van der Waals surface area contributed by atoms with Crippen LogP contribution < -0.4 is 10.2 Å². The van der Waals surface area contributed by atoms with Crippen molar-refractivity contribution in [3.63, 3.8) is 0 Å². The number of hydrogen-bond acceptors (Lipinski definition) is 2. The van der Waals surface area contributed by atoms with E-state index in [1.165, 1.54) is 5.56 Å². The zero-order chi connectivity index (χ0) is 16.5. The minimum atomic E-state index is -0.123. The van der Waals surface area contributed by atoms with Crippen LogP contribution in [0.2, 0.25) is 0 Å². The van der Waals surface area contributed by atoms with Crippen LogP contribution >= 0.6 is 0 Å². The van der Waals surface area contributed by atoms with E-state index in [-0.39, 0.29) is 17.7 Å². The Morgan fingerprint density at radius 3 is 2.71 bits per heavy atom. The van der Waals surface area contributed by atoms with Gasteiger partial charge in [-0.2, -0.15) is 0 Å². The molecule has 0 aliphatic carbocycles. The number of benzene rings is 2. The van der Waals surface area contributed by atoms with Crippen molar-refractivity contribution >= 4 is 23.2 Å². The van der Waals surface area contributed by atoms with Crippen LogP contribution in [-0.2, 0) is 22.4 Å². The van der Waals surface area contributed by atoms with Crippen LogP contribution in [0.15, 0.2) is 48.5 Å². The molecule has 0 bridgehead atoms. The van der Waals surface area contributed by atoms with Crippen LogP contribution in [0.3, 0.4) is 0 Å². The van der Waals surface area contributed by atoms with Crippen LogP contribution in [-0.4, -0.2) is 18.4 Å². The summed E-state index contributed by atoms with van der Waals surface area (Å²) in [5.74, 6) is 0.0247. The third-order valence-electron chi connectivity index (χ3n) is 5.01. The highest BCUT2D eigenvalue weighted by atomic mass is 16.2. The van der Waals surface area contributed by atoms with Gasteiger partial charge in [-0.1, -0.05) is 36.4 Å². The first kappa shape index (κ1) is 14.9. The van der Waals surface area contributed by atoms with Crippen molar-refractivity contribution in [3.05, 3.63) is 59.7 Å². The van der Waals surface area contributed by atoms with Gasteiger partial charge in [0.15, 0.2) is 0 Å². The fraction of sp³-hybridized carbons (Fsp3) is 0.300. The second kappa shape index (κ2) is 6.11. The van der Waals surface area contributed by atoms with Crippen molar-refractivity contribution < 1.29 is 9.59 Å². The summed E-state index contributed by atoms with van der Waals surface area (Å²) in [7, 11) is 0. The molecule has 0 radical (unpaired) electrons. The molecule has 0 unspecified atom stereocenters. The number of para-hydroxylation sites is 2. The monoisotopic (exact) mass is 320 g/mol. The van der Waals surface area contributed by atoms with E-state index in [1.807, 2.05) is 47.4 Å². The maximum absolute atomic E-state index is 12.6. The number of hydrogen-bond donors (Lipinski definition) is 1. The van der Waals surface area contributed by atoms with E-state index in [2.05, 4.69) is 11.4 Å². The lowest BCUT2D eigenvalue weighted by atomic mass is 9.89. The predicted molar refractivity (Wildman–Crippen MR) is 94.0 cm³/mol. The molecule has 0 saturated carbocycles. The van der Waals surface area contributed by atoms with E-state index < -0.39 is 0 Å². The van der Waals surface area contributed by atoms with Crippen molar-refractivity contribution in [1.29, 1.82) is 0 Å². The normalized spacial score (nSPS) is 18.8. The number of nitrogens with one attached hydrogen (secondary N) is 1. The Bertz CT molecular complexity index is 800. The molecule has 0 fully saturated rings. The standard InChI is InChI=1S/C20H20N2O2/c23-19(22-12-11-14-5-2-4-8-18(14)22)10-9-16-13-15-6-1-3-7-17(15)21-20(16)24/h1-8,16H,9-13H2,(H,21,24)/t16-/m0/s1.